The molecule has 0 aliphatic rings. The Labute approximate surface area is 135 Å². The van der Waals surface area contributed by atoms with Crippen LogP contribution in [-0.2, 0) is 15.9 Å². The third-order valence-corrected chi connectivity index (χ3v) is 8.20. The second kappa shape index (κ2) is 7.79. The van der Waals surface area contributed by atoms with Gasteiger partial charge in [0.2, 0.25) is 0 Å². The summed E-state index contributed by atoms with van der Waals surface area (Å²) in [4.78, 5) is 0. The summed E-state index contributed by atoms with van der Waals surface area (Å²) < 4.78 is 16.6. The van der Waals surface area contributed by atoms with Crippen LogP contribution in [0.4, 0.5) is 0 Å². The van der Waals surface area contributed by atoms with E-state index in [9.17, 15) is 0 Å². The summed E-state index contributed by atoms with van der Waals surface area (Å²) in [5.74, 6) is 0.848. The zero-order valence-corrected chi connectivity index (χ0v) is 15.8. The molecule has 0 unspecified atom stereocenters. The number of nitrogens with zero attached hydrogens (tertiary/aromatic N) is 1. The second-order valence-corrected chi connectivity index (χ2v) is 11.7. The van der Waals surface area contributed by atoms with Crippen LogP contribution in [0.15, 0.2) is 29.4 Å². The van der Waals surface area contributed by atoms with Crippen molar-refractivity contribution in [2.75, 3.05) is 7.11 Å². The van der Waals surface area contributed by atoms with Crippen LogP contribution >= 0.6 is 0 Å². The Bertz CT molecular complexity index is 478. The Balaban J connectivity index is 2.42. The number of ether oxygens (including phenoxy) is 2. The van der Waals surface area contributed by atoms with E-state index in [-0.39, 0.29) is 11.1 Å². The monoisotopic (exact) mass is 323 g/mol. The summed E-state index contributed by atoms with van der Waals surface area (Å²) in [6.45, 7) is 13.4. The molecule has 0 bridgehead atoms. The van der Waals surface area contributed by atoms with E-state index in [4.69, 9.17) is 14.0 Å². The highest BCUT2D eigenvalue weighted by Crippen LogP contribution is 2.36. The van der Waals surface area contributed by atoms with Crippen LogP contribution in [0.3, 0.4) is 0 Å². The Morgan fingerprint density at radius 2 is 1.77 bits per heavy atom. The van der Waals surface area contributed by atoms with Gasteiger partial charge in [-0.05, 0) is 42.8 Å². The number of rotatable bonds is 7. The molecule has 0 aliphatic heterocycles. The molecule has 0 heterocycles. The van der Waals surface area contributed by atoms with Gasteiger partial charge in [0.15, 0.2) is 0 Å². The van der Waals surface area contributed by atoms with Gasteiger partial charge in [-0.2, -0.15) is 0 Å². The van der Waals surface area contributed by atoms with Gasteiger partial charge < -0.3 is 14.0 Å². The number of methoxy groups -OCH3 is 1. The molecule has 1 aromatic rings. The highest BCUT2D eigenvalue weighted by molar-refractivity contribution is 6.74. The molecular weight excluding hydrogens is 294 g/mol. The average Bonchev–Trinajstić information content (AvgIpc) is 2.44. The smallest absolute Gasteiger partial charge is 0.286 e. The van der Waals surface area contributed by atoms with Gasteiger partial charge in [0, 0.05) is 0 Å². The lowest BCUT2D eigenvalue weighted by molar-refractivity contribution is 0.0971. The van der Waals surface area contributed by atoms with Gasteiger partial charge in [0.1, 0.15) is 5.75 Å². The molecule has 1 aromatic carbocycles. The van der Waals surface area contributed by atoms with E-state index >= 15 is 0 Å². The van der Waals surface area contributed by atoms with Crippen LogP contribution in [0.2, 0.25) is 18.1 Å². The molecule has 0 fully saturated rings. The molecule has 4 nitrogen and oxygen atoms in total. The van der Waals surface area contributed by atoms with Crippen molar-refractivity contribution < 1.29 is 14.0 Å². The molecular formula is C17H29NO3Si. The minimum absolute atomic E-state index is 0.0909. The number of hydrogen-bond donors (Lipinski definition) is 0. The lowest BCUT2D eigenvalue weighted by Crippen LogP contribution is -2.39. The Morgan fingerprint density at radius 1 is 1.18 bits per heavy atom. The summed E-state index contributed by atoms with van der Waals surface area (Å²) in [6, 6.07) is 7.85. The fraction of sp³-hybridized carbons (Fsp3) is 0.588. The number of oxime groups is 1. The first-order valence-electron chi connectivity index (χ1n) is 7.62. The summed E-state index contributed by atoms with van der Waals surface area (Å²) in [5, 5.41) is 4.29. The molecule has 0 spiro atoms. The molecule has 5 heteroatoms. The quantitative estimate of drug-likeness (QED) is 0.418. The molecule has 0 N–H and O–H groups in total. The van der Waals surface area contributed by atoms with Gasteiger partial charge in [0.25, 0.3) is 8.32 Å². The summed E-state index contributed by atoms with van der Waals surface area (Å²) >= 11 is 0. The van der Waals surface area contributed by atoms with Crippen molar-refractivity contribution in [1.29, 1.82) is 0 Å². The fourth-order valence-electron chi connectivity index (χ4n) is 1.38. The van der Waals surface area contributed by atoms with Crippen LogP contribution in [0.1, 0.15) is 33.3 Å². The molecule has 1 rings (SSSR count). The summed E-state index contributed by atoms with van der Waals surface area (Å²) in [5.41, 5.74) is 1.10. The molecule has 0 saturated heterocycles. The van der Waals surface area contributed by atoms with Crippen LogP contribution in [-0.4, -0.2) is 27.7 Å². The van der Waals surface area contributed by atoms with Crippen molar-refractivity contribution in [1.82, 2.24) is 0 Å². The van der Waals surface area contributed by atoms with Crippen molar-refractivity contribution in [2.24, 2.45) is 5.16 Å². The minimum Gasteiger partial charge on any atom is -0.497 e. The summed E-state index contributed by atoms with van der Waals surface area (Å²) in [7, 11) is -0.177. The van der Waals surface area contributed by atoms with Crippen molar-refractivity contribution in [3.05, 3.63) is 29.8 Å². The summed E-state index contributed by atoms with van der Waals surface area (Å²) in [6.07, 6.45) is 1.64. The van der Waals surface area contributed by atoms with Gasteiger partial charge in [-0.3, -0.25) is 0 Å². The van der Waals surface area contributed by atoms with Crippen molar-refractivity contribution >= 4 is 14.5 Å². The molecule has 124 valence electrons. The van der Waals surface area contributed by atoms with Gasteiger partial charge in [-0.25, -0.2) is 0 Å². The molecule has 0 amide bonds. The first kappa shape index (κ1) is 18.7. The predicted octanol–water partition coefficient (Wildman–Crippen LogP) is 4.61. The molecule has 0 aromatic heterocycles. The minimum atomic E-state index is -1.84. The zero-order valence-electron chi connectivity index (χ0n) is 14.8. The maximum absolute atomic E-state index is 5.76. The van der Waals surface area contributed by atoms with Gasteiger partial charge in [0.05, 0.1) is 26.0 Å². The van der Waals surface area contributed by atoms with Crippen molar-refractivity contribution in [3.63, 3.8) is 0 Å². The lowest BCUT2D eigenvalue weighted by atomic mass is 10.2. The van der Waals surface area contributed by atoms with E-state index in [0.29, 0.717) is 6.61 Å². The first-order valence-corrected chi connectivity index (χ1v) is 10.5. The van der Waals surface area contributed by atoms with E-state index < -0.39 is 8.32 Å². The maximum Gasteiger partial charge on any atom is 0.286 e. The zero-order chi connectivity index (χ0) is 16.8. The lowest BCUT2D eigenvalue weighted by Gasteiger charge is -2.33. The third kappa shape index (κ3) is 5.81. The second-order valence-electron chi connectivity index (χ2n) is 6.97. The van der Waals surface area contributed by atoms with E-state index in [1.54, 1.807) is 13.3 Å². The largest absolute Gasteiger partial charge is 0.497 e. The Morgan fingerprint density at radius 3 is 2.27 bits per heavy atom. The Kier molecular flexibility index (Phi) is 6.62. The standard InChI is InChI=1S/C17H29NO3Si/c1-14(12-18-21-22(6,7)17(2,3)4)20-13-15-8-10-16(19-5)11-9-15/h8-12,14H,13H2,1-7H3/b18-12+/t14-/m0/s1. The van der Waals surface area contributed by atoms with Crippen LogP contribution in [0.25, 0.3) is 0 Å². The molecule has 0 aliphatic carbocycles. The first-order chi connectivity index (χ1) is 10.2. The third-order valence-electron chi connectivity index (χ3n) is 4.03. The van der Waals surface area contributed by atoms with Crippen LogP contribution < -0.4 is 4.74 Å². The number of hydrogen-bond acceptors (Lipinski definition) is 4. The van der Waals surface area contributed by atoms with E-state index in [1.165, 1.54) is 0 Å². The predicted molar refractivity (Wildman–Crippen MR) is 94.0 cm³/mol. The van der Waals surface area contributed by atoms with Gasteiger partial charge in [-0.1, -0.05) is 32.9 Å². The molecule has 0 saturated carbocycles. The SMILES string of the molecule is COc1ccc(CO[C@@H](C)/C=N/O[Si](C)(C)C(C)(C)C)cc1. The van der Waals surface area contributed by atoms with Crippen molar-refractivity contribution in [3.8, 4) is 5.75 Å². The number of benzene rings is 1. The highest BCUT2D eigenvalue weighted by Gasteiger charge is 2.39. The van der Waals surface area contributed by atoms with Gasteiger partial charge in [-0.15, -0.1) is 5.16 Å². The normalized spacial score (nSPS) is 14.1. The maximum atomic E-state index is 5.76. The van der Waals surface area contributed by atoms with Gasteiger partial charge >= 0.3 is 0 Å². The fourth-order valence-corrected chi connectivity index (χ4v) is 1.98. The molecule has 0 radical (unpaired) electrons. The topological polar surface area (TPSA) is 40.0 Å². The van der Waals surface area contributed by atoms with E-state index in [2.05, 4.69) is 39.0 Å². The van der Waals surface area contributed by atoms with E-state index in [1.807, 2.05) is 31.2 Å². The average molecular weight is 324 g/mol. The Hall–Kier alpha value is -1.33. The highest BCUT2D eigenvalue weighted by atomic mass is 28.4. The van der Waals surface area contributed by atoms with E-state index in [0.717, 1.165) is 11.3 Å². The molecule has 22 heavy (non-hydrogen) atoms. The van der Waals surface area contributed by atoms with Crippen LogP contribution in [0.5, 0.6) is 5.75 Å². The molecule has 1 atom stereocenters. The van der Waals surface area contributed by atoms with Crippen molar-refractivity contribution in [2.45, 2.75) is 58.5 Å². The van der Waals surface area contributed by atoms with Crippen LogP contribution in [0, 0.1) is 0 Å².